The van der Waals surface area contributed by atoms with Gasteiger partial charge in [0.05, 0.1) is 5.25 Å². The van der Waals surface area contributed by atoms with Gasteiger partial charge >= 0.3 is 5.97 Å². The van der Waals surface area contributed by atoms with E-state index in [1.165, 1.54) is 0 Å². The summed E-state index contributed by atoms with van der Waals surface area (Å²) < 4.78 is 0. The molecule has 3 atom stereocenters. The Hall–Kier alpha value is -2.87. The van der Waals surface area contributed by atoms with Gasteiger partial charge in [-0.25, -0.2) is 4.79 Å². The van der Waals surface area contributed by atoms with E-state index in [1.807, 2.05) is 50.2 Å². The predicted molar refractivity (Wildman–Crippen MR) is 135 cm³/mol. The van der Waals surface area contributed by atoms with Crippen molar-refractivity contribution in [1.29, 1.82) is 0 Å². The van der Waals surface area contributed by atoms with Crippen LogP contribution >= 0.6 is 12.6 Å². The van der Waals surface area contributed by atoms with Crippen LogP contribution in [-0.4, -0.2) is 44.7 Å². The molecule has 1 aliphatic rings. The lowest BCUT2D eigenvalue weighted by atomic mass is 9.93. The minimum absolute atomic E-state index is 0.0613. The molecule has 1 heterocycles. The fraction of sp³-hybridized carbons (Fsp3) is 0.462. The van der Waals surface area contributed by atoms with Gasteiger partial charge in [0.1, 0.15) is 11.6 Å². The second kappa shape index (κ2) is 11.5. The van der Waals surface area contributed by atoms with Gasteiger partial charge in [-0.1, -0.05) is 63.4 Å². The van der Waals surface area contributed by atoms with Gasteiger partial charge in [-0.2, -0.15) is 12.6 Å². The molecule has 1 aromatic carbocycles. The lowest BCUT2D eigenvalue weighted by molar-refractivity contribution is -0.143. The zero-order chi connectivity index (χ0) is 24.7. The molecule has 1 aromatic heterocycles. The highest BCUT2D eigenvalue weighted by Gasteiger charge is 2.44. The maximum Gasteiger partial charge on any atom is 0.326 e. The quantitative estimate of drug-likeness (QED) is 0.386. The van der Waals surface area contributed by atoms with Crippen molar-refractivity contribution in [3.05, 3.63) is 54.4 Å². The number of benzene rings is 1. The first-order valence-electron chi connectivity index (χ1n) is 11.8. The van der Waals surface area contributed by atoms with Gasteiger partial charge in [-0.15, -0.1) is 0 Å². The van der Waals surface area contributed by atoms with E-state index in [0.29, 0.717) is 12.8 Å². The van der Waals surface area contributed by atoms with Gasteiger partial charge < -0.3 is 15.7 Å². The van der Waals surface area contributed by atoms with Crippen molar-refractivity contribution in [1.82, 2.24) is 15.6 Å². The SMILES string of the molecule is CC[C@@H](C)[C@H](S)C(=O)NC1(C(=O)NC(Cc2ccc(-c3cccnc3)cc2)C(=O)O)CCCC1. The third kappa shape index (κ3) is 6.17. The molecule has 0 bridgehead atoms. The first-order chi connectivity index (χ1) is 16.3. The summed E-state index contributed by atoms with van der Waals surface area (Å²) >= 11 is 4.44. The zero-order valence-electron chi connectivity index (χ0n) is 19.7. The number of carbonyl (C=O) groups excluding carboxylic acids is 2. The van der Waals surface area contributed by atoms with Crippen LogP contribution in [0.25, 0.3) is 11.1 Å². The van der Waals surface area contributed by atoms with Crippen LogP contribution in [0, 0.1) is 5.92 Å². The Morgan fingerprint density at radius 2 is 1.79 bits per heavy atom. The normalized spacial score (nSPS) is 17.4. The van der Waals surface area contributed by atoms with E-state index < -0.39 is 28.7 Å². The van der Waals surface area contributed by atoms with Crippen LogP contribution in [0.4, 0.5) is 0 Å². The molecule has 8 heteroatoms. The summed E-state index contributed by atoms with van der Waals surface area (Å²) in [7, 11) is 0. The van der Waals surface area contributed by atoms with Crippen LogP contribution < -0.4 is 10.6 Å². The molecule has 1 saturated carbocycles. The van der Waals surface area contributed by atoms with Crippen LogP contribution in [-0.2, 0) is 20.8 Å². The van der Waals surface area contributed by atoms with Crippen molar-refractivity contribution in [3.63, 3.8) is 0 Å². The van der Waals surface area contributed by atoms with E-state index in [4.69, 9.17) is 0 Å². The number of thiol groups is 1. The van der Waals surface area contributed by atoms with E-state index in [0.717, 1.165) is 36.0 Å². The number of aromatic nitrogens is 1. The highest BCUT2D eigenvalue weighted by molar-refractivity contribution is 7.81. The first kappa shape index (κ1) is 25.7. The van der Waals surface area contributed by atoms with Gasteiger partial charge in [0.15, 0.2) is 0 Å². The molecule has 0 aliphatic heterocycles. The summed E-state index contributed by atoms with van der Waals surface area (Å²) in [5.74, 6) is -1.78. The topological polar surface area (TPSA) is 108 Å². The summed E-state index contributed by atoms with van der Waals surface area (Å²) in [6.45, 7) is 3.93. The Morgan fingerprint density at radius 3 is 2.35 bits per heavy atom. The van der Waals surface area contributed by atoms with E-state index in [1.54, 1.807) is 12.4 Å². The van der Waals surface area contributed by atoms with Crippen LogP contribution in [0.15, 0.2) is 48.8 Å². The molecule has 0 spiro atoms. The van der Waals surface area contributed by atoms with Crippen molar-refractivity contribution >= 4 is 30.4 Å². The number of pyridine rings is 1. The number of nitrogens with zero attached hydrogens (tertiary/aromatic N) is 1. The number of carbonyl (C=O) groups is 3. The average molecular weight is 484 g/mol. The summed E-state index contributed by atoms with van der Waals surface area (Å²) in [6.07, 6.45) is 6.96. The Balaban J connectivity index is 1.70. The number of hydrogen-bond donors (Lipinski definition) is 4. The van der Waals surface area contributed by atoms with E-state index >= 15 is 0 Å². The van der Waals surface area contributed by atoms with Gasteiger partial charge in [0, 0.05) is 18.8 Å². The number of amides is 2. The Bertz CT molecular complexity index is 991. The predicted octanol–water partition coefficient (Wildman–Crippen LogP) is 3.63. The van der Waals surface area contributed by atoms with E-state index in [-0.39, 0.29) is 18.2 Å². The number of rotatable bonds is 10. The van der Waals surface area contributed by atoms with Crippen molar-refractivity contribution in [2.75, 3.05) is 0 Å². The molecule has 34 heavy (non-hydrogen) atoms. The van der Waals surface area contributed by atoms with Crippen molar-refractivity contribution in [2.24, 2.45) is 5.92 Å². The average Bonchev–Trinajstić information content (AvgIpc) is 3.33. The Morgan fingerprint density at radius 1 is 1.12 bits per heavy atom. The summed E-state index contributed by atoms with van der Waals surface area (Å²) in [6, 6.07) is 10.2. The fourth-order valence-electron chi connectivity index (χ4n) is 4.28. The maximum absolute atomic E-state index is 13.3. The Kier molecular flexibility index (Phi) is 8.72. The molecule has 1 unspecified atom stereocenters. The third-order valence-electron chi connectivity index (χ3n) is 6.70. The molecule has 7 nitrogen and oxygen atoms in total. The number of hydrogen-bond acceptors (Lipinski definition) is 5. The molecular weight excluding hydrogens is 450 g/mol. The molecule has 2 amide bonds. The number of aliphatic carboxylic acids is 1. The number of carboxylic acids is 1. The smallest absolute Gasteiger partial charge is 0.326 e. The first-order valence-corrected chi connectivity index (χ1v) is 12.3. The van der Waals surface area contributed by atoms with Gasteiger partial charge in [-0.3, -0.25) is 14.6 Å². The highest BCUT2D eigenvalue weighted by Crippen LogP contribution is 2.31. The minimum atomic E-state index is -1.11. The van der Waals surface area contributed by atoms with Crippen molar-refractivity contribution < 1.29 is 19.5 Å². The molecule has 3 N–H and O–H groups in total. The van der Waals surface area contributed by atoms with Crippen molar-refractivity contribution in [3.8, 4) is 11.1 Å². The van der Waals surface area contributed by atoms with E-state index in [9.17, 15) is 19.5 Å². The van der Waals surface area contributed by atoms with Crippen LogP contribution in [0.2, 0.25) is 0 Å². The molecule has 0 radical (unpaired) electrons. The largest absolute Gasteiger partial charge is 0.480 e. The Labute approximate surface area is 206 Å². The van der Waals surface area contributed by atoms with Gasteiger partial charge in [0.25, 0.3) is 0 Å². The molecule has 2 aromatic rings. The molecule has 182 valence electrons. The van der Waals surface area contributed by atoms with Crippen LogP contribution in [0.5, 0.6) is 0 Å². The number of carboxylic acid groups (broad SMARTS) is 1. The second-order valence-corrected chi connectivity index (χ2v) is 9.67. The lowest BCUT2D eigenvalue weighted by Gasteiger charge is -2.32. The van der Waals surface area contributed by atoms with Gasteiger partial charge in [0.2, 0.25) is 11.8 Å². The summed E-state index contributed by atoms with van der Waals surface area (Å²) in [5, 5.41) is 14.9. The summed E-state index contributed by atoms with van der Waals surface area (Å²) in [5.41, 5.74) is 1.64. The molecule has 1 aliphatic carbocycles. The lowest BCUT2D eigenvalue weighted by Crippen LogP contribution is -2.61. The standard InChI is InChI=1S/C26H33N3O4S/c1-3-17(2)22(34)23(30)29-26(12-4-5-13-26)25(33)28-21(24(31)32)15-18-8-10-19(11-9-18)20-7-6-14-27-16-20/h6-11,14,16-17,21-22,34H,3-5,12-13,15H2,1-2H3,(H,28,33)(H,29,30)(H,31,32)/t17-,21?,22+/m1/s1. The molecule has 3 rings (SSSR count). The number of nitrogens with one attached hydrogen (secondary N) is 2. The van der Waals surface area contributed by atoms with Crippen LogP contribution in [0.3, 0.4) is 0 Å². The van der Waals surface area contributed by atoms with Crippen molar-refractivity contribution in [2.45, 2.75) is 69.2 Å². The monoisotopic (exact) mass is 483 g/mol. The highest BCUT2D eigenvalue weighted by atomic mass is 32.1. The second-order valence-electron chi connectivity index (χ2n) is 9.12. The molecule has 0 saturated heterocycles. The van der Waals surface area contributed by atoms with E-state index in [2.05, 4.69) is 28.2 Å². The van der Waals surface area contributed by atoms with Gasteiger partial charge in [-0.05, 0) is 41.5 Å². The third-order valence-corrected chi connectivity index (χ3v) is 7.44. The summed E-state index contributed by atoms with van der Waals surface area (Å²) in [4.78, 5) is 42.2. The minimum Gasteiger partial charge on any atom is -0.480 e. The van der Waals surface area contributed by atoms with Crippen LogP contribution in [0.1, 0.15) is 51.5 Å². The molecular formula is C26H33N3O4S. The fourth-order valence-corrected chi connectivity index (χ4v) is 4.55. The molecule has 1 fully saturated rings. The zero-order valence-corrected chi connectivity index (χ0v) is 20.6. The maximum atomic E-state index is 13.3.